The Bertz CT molecular complexity index is 684. The van der Waals surface area contributed by atoms with Gasteiger partial charge < -0.3 is 14.6 Å². The molecule has 1 unspecified atom stereocenters. The summed E-state index contributed by atoms with van der Waals surface area (Å²) in [6.45, 7) is 6.39. The fourth-order valence-corrected chi connectivity index (χ4v) is 2.45. The summed E-state index contributed by atoms with van der Waals surface area (Å²) >= 11 is 0. The molecule has 0 heterocycles. The Labute approximate surface area is 143 Å². The highest BCUT2D eigenvalue weighted by Gasteiger charge is 2.22. The smallest absolute Gasteiger partial charge is 0.345 e. The zero-order valence-corrected chi connectivity index (χ0v) is 14.6. The van der Waals surface area contributed by atoms with E-state index in [0.717, 1.165) is 5.56 Å². The maximum Gasteiger partial charge on any atom is 0.345 e. The van der Waals surface area contributed by atoms with E-state index >= 15 is 0 Å². The van der Waals surface area contributed by atoms with E-state index in [1.165, 1.54) is 5.56 Å². The Kier molecular flexibility index (Phi) is 5.50. The summed E-state index contributed by atoms with van der Waals surface area (Å²) < 4.78 is 11.0. The van der Waals surface area contributed by atoms with Crippen LogP contribution in [0.1, 0.15) is 31.9 Å². The van der Waals surface area contributed by atoms with Crippen LogP contribution in [0.2, 0.25) is 0 Å². The Morgan fingerprint density at radius 3 is 2.25 bits per heavy atom. The highest BCUT2D eigenvalue weighted by atomic mass is 16.5. The second kappa shape index (κ2) is 7.39. The van der Waals surface area contributed by atoms with Crippen LogP contribution in [-0.4, -0.2) is 24.3 Å². The quantitative estimate of drug-likeness (QED) is 0.868. The molecule has 0 spiro atoms. The van der Waals surface area contributed by atoms with Gasteiger partial charge in [0, 0.05) is 6.42 Å². The first kappa shape index (κ1) is 17.9. The molecule has 0 fully saturated rings. The molecular weight excluding hydrogens is 304 g/mol. The number of methoxy groups -OCH3 is 1. The van der Waals surface area contributed by atoms with Crippen molar-refractivity contribution in [1.29, 1.82) is 0 Å². The molecule has 2 aromatic carbocycles. The Balaban J connectivity index is 2.16. The number of ether oxygens (including phenoxy) is 2. The molecule has 0 amide bonds. The maximum absolute atomic E-state index is 11.6. The number of carbonyl (C=O) groups is 1. The van der Waals surface area contributed by atoms with Gasteiger partial charge in [0.2, 0.25) is 0 Å². The SMILES string of the molecule is COc1ccccc1CC(Oc1ccc(C(C)(C)C)cc1)C(=O)O. The average Bonchev–Trinajstić information content (AvgIpc) is 2.54. The minimum Gasteiger partial charge on any atom is -0.496 e. The highest BCUT2D eigenvalue weighted by Crippen LogP contribution is 2.26. The summed E-state index contributed by atoms with van der Waals surface area (Å²) in [6.07, 6.45) is -0.734. The zero-order chi connectivity index (χ0) is 17.7. The topological polar surface area (TPSA) is 55.8 Å². The number of aliphatic carboxylic acids is 1. The van der Waals surface area contributed by atoms with Gasteiger partial charge in [-0.05, 0) is 34.7 Å². The zero-order valence-electron chi connectivity index (χ0n) is 14.6. The Morgan fingerprint density at radius 1 is 1.08 bits per heavy atom. The number of hydrogen-bond acceptors (Lipinski definition) is 3. The predicted molar refractivity (Wildman–Crippen MR) is 93.9 cm³/mol. The minimum atomic E-state index is -0.999. The van der Waals surface area contributed by atoms with E-state index in [1.54, 1.807) is 7.11 Å². The first-order valence-corrected chi connectivity index (χ1v) is 7.93. The van der Waals surface area contributed by atoms with Crippen LogP contribution in [0.3, 0.4) is 0 Å². The second-order valence-electron chi connectivity index (χ2n) is 6.74. The van der Waals surface area contributed by atoms with E-state index in [9.17, 15) is 9.90 Å². The predicted octanol–water partition coefficient (Wildman–Crippen LogP) is 4.07. The third kappa shape index (κ3) is 4.51. The fourth-order valence-electron chi connectivity index (χ4n) is 2.45. The number of benzene rings is 2. The van der Waals surface area contributed by atoms with Gasteiger partial charge in [0.1, 0.15) is 11.5 Å². The van der Waals surface area contributed by atoms with Crippen molar-refractivity contribution in [2.45, 2.75) is 38.7 Å². The third-order valence-electron chi connectivity index (χ3n) is 3.87. The number of rotatable bonds is 6. The molecular formula is C20H24O4. The van der Waals surface area contributed by atoms with Crippen molar-refractivity contribution in [2.24, 2.45) is 0 Å². The molecule has 0 bridgehead atoms. The van der Waals surface area contributed by atoms with E-state index in [2.05, 4.69) is 20.8 Å². The van der Waals surface area contributed by atoms with E-state index in [4.69, 9.17) is 9.47 Å². The van der Waals surface area contributed by atoms with Gasteiger partial charge in [-0.2, -0.15) is 0 Å². The molecule has 0 radical (unpaired) electrons. The van der Waals surface area contributed by atoms with Crippen molar-refractivity contribution in [3.05, 3.63) is 59.7 Å². The molecule has 4 heteroatoms. The molecule has 2 aromatic rings. The Morgan fingerprint density at radius 2 is 1.71 bits per heavy atom. The van der Waals surface area contributed by atoms with Gasteiger partial charge in [-0.3, -0.25) is 0 Å². The second-order valence-corrected chi connectivity index (χ2v) is 6.74. The van der Waals surface area contributed by atoms with Crippen LogP contribution >= 0.6 is 0 Å². The van der Waals surface area contributed by atoms with Crippen molar-refractivity contribution >= 4 is 5.97 Å². The summed E-state index contributed by atoms with van der Waals surface area (Å²) in [6, 6.07) is 14.9. The van der Waals surface area contributed by atoms with Gasteiger partial charge in [-0.25, -0.2) is 4.79 Å². The summed E-state index contributed by atoms with van der Waals surface area (Å²) in [7, 11) is 1.57. The average molecular weight is 328 g/mol. The van der Waals surface area contributed by atoms with Crippen LogP contribution in [-0.2, 0) is 16.6 Å². The molecule has 0 aromatic heterocycles. The monoisotopic (exact) mass is 328 g/mol. The van der Waals surface area contributed by atoms with Gasteiger partial charge in [0.15, 0.2) is 6.10 Å². The number of para-hydroxylation sites is 1. The lowest BCUT2D eigenvalue weighted by molar-refractivity contribution is -0.145. The highest BCUT2D eigenvalue weighted by molar-refractivity contribution is 5.73. The molecule has 0 aliphatic carbocycles. The van der Waals surface area contributed by atoms with Crippen LogP contribution in [0.5, 0.6) is 11.5 Å². The molecule has 0 saturated heterocycles. The van der Waals surface area contributed by atoms with E-state index in [0.29, 0.717) is 11.5 Å². The lowest BCUT2D eigenvalue weighted by Crippen LogP contribution is -2.29. The summed E-state index contributed by atoms with van der Waals surface area (Å²) in [5.41, 5.74) is 2.02. The van der Waals surface area contributed by atoms with Gasteiger partial charge in [-0.1, -0.05) is 51.1 Å². The number of hydrogen-bond donors (Lipinski definition) is 1. The van der Waals surface area contributed by atoms with Crippen LogP contribution < -0.4 is 9.47 Å². The standard InChI is InChI=1S/C20H24O4/c1-20(2,3)15-9-11-16(12-10-15)24-18(19(21)22)13-14-7-5-6-8-17(14)23-4/h5-12,18H,13H2,1-4H3,(H,21,22). The summed E-state index contributed by atoms with van der Waals surface area (Å²) in [5.74, 6) is 0.210. The lowest BCUT2D eigenvalue weighted by atomic mass is 9.87. The number of carboxylic acid groups (broad SMARTS) is 1. The van der Waals surface area contributed by atoms with Gasteiger partial charge in [-0.15, -0.1) is 0 Å². The molecule has 1 atom stereocenters. The van der Waals surface area contributed by atoms with E-state index < -0.39 is 12.1 Å². The van der Waals surface area contributed by atoms with Crippen LogP contribution in [0.15, 0.2) is 48.5 Å². The summed E-state index contributed by atoms with van der Waals surface area (Å²) in [4.78, 5) is 11.6. The molecule has 0 aliphatic rings. The Hall–Kier alpha value is -2.49. The van der Waals surface area contributed by atoms with Gasteiger partial charge >= 0.3 is 5.97 Å². The van der Waals surface area contributed by atoms with Crippen molar-refractivity contribution in [3.8, 4) is 11.5 Å². The van der Waals surface area contributed by atoms with Crippen LogP contribution in [0.4, 0.5) is 0 Å². The van der Waals surface area contributed by atoms with Crippen LogP contribution in [0.25, 0.3) is 0 Å². The number of carboxylic acids is 1. The molecule has 2 rings (SSSR count). The lowest BCUT2D eigenvalue weighted by Gasteiger charge is -2.20. The molecule has 0 aliphatic heterocycles. The molecule has 4 nitrogen and oxygen atoms in total. The third-order valence-corrected chi connectivity index (χ3v) is 3.87. The molecule has 1 N–H and O–H groups in total. The molecule has 128 valence electrons. The minimum absolute atomic E-state index is 0.0438. The van der Waals surface area contributed by atoms with Crippen molar-refractivity contribution in [1.82, 2.24) is 0 Å². The fraction of sp³-hybridized carbons (Fsp3) is 0.350. The van der Waals surface area contributed by atoms with Crippen molar-refractivity contribution in [2.75, 3.05) is 7.11 Å². The van der Waals surface area contributed by atoms with E-state index in [-0.39, 0.29) is 11.8 Å². The largest absolute Gasteiger partial charge is 0.496 e. The van der Waals surface area contributed by atoms with Gasteiger partial charge in [0.05, 0.1) is 7.11 Å². The summed E-state index contributed by atoms with van der Waals surface area (Å²) in [5, 5.41) is 9.48. The first-order chi connectivity index (χ1) is 11.3. The van der Waals surface area contributed by atoms with E-state index in [1.807, 2.05) is 48.5 Å². The molecule has 24 heavy (non-hydrogen) atoms. The molecule has 0 saturated carbocycles. The first-order valence-electron chi connectivity index (χ1n) is 7.93. The van der Waals surface area contributed by atoms with Gasteiger partial charge in [0.25, 0.3) is 0 Å². The van der Waals surface area contributed by atoms with Crippen molar-refractivity contribution in [3.63, 3.8) is 0 Å². The van der Waals surface area contributed by atoms with Crippen LogP contribution in [0, 0.1) is 0 Å². The van der Waals surface area contributed by atoms with Crippen molar-refractivity contribution < 1.29 is 19.4 Å². The normalized spacial score (nSPS) is 12.5. The maximum atomic E-state index is 11.6.